The number of rotatable bonds is 2. The van der Waals surface area contributed by atoms with Gasteiger partial charge in [-0.25, -0.2) is 4.98 Å². The molecule has 4 nitrogen and oxygen atoms in total. The Bertz CT molecular complexity index is 684. The standard InChI is InChI=1S/C18H21N3O/c1-13-7-3-4-8-15(13)16-11-19-12-17(20-16)18-9-5-6-10-21(18)14(2)22/h3-4,7-8,11-12,18H,5-6,9-10H2,1-2H3/t18-/m1/s1. The zero-order valence-corrected chi connectivity index (χ0v) is 13.1. The van der Waals surface area contributed by atoms with E-state index in [2.05, 4.69) is 24.0 Å². The summed E-state index contributed by atoms with van der Waals surface area (Å²) in [4.78, 5) is 23.0. The molecule has 1 aromatic carbocycles. The molecular weight excluding hydrogens is 274 g/mol. The van der Waals surface area contributed by atoms with Gasteiger partial charge in [-0.05, 0) is 31.7 Å². The molecule has 2 heterocycles. The van der Waals surface area contributed by atoms with Crippen molar-refractivity contribution in [1.29, 1.82) is 0 Å². The lowest BCUT2D eigenvalue weighted by Crippen LogP contribution is -2.37. The topological polar surface area (TPSA) is 46.1 Å². The van der Waals surface area contributed by atoms with Crippen molar-refractivity contribution in [2.75, 3.05) is 6.54 Å². The summed E-state index contributed by atoms with van der Waals surface area (Å²) in [6.45, 7) is 4.53. The lowest BCUT2D eigenvalue weighted by molar-refractivity contribution is -0.132. The van der Waals surface area contributed by atoms with Crippen LogP contribution in [-0.4, -0.2) is 27.3 Å². The van der Waals surface area contributed by atoms with Crippen molar-refractivity contribution >= 4 is 5.91 Å². The lowest BCUT2D eigenvalue weighted by Gasteiger charge is -2.34. The molecule has 2 aromatic rings. The highest BCUT2D eigenvalue weighted by Crippen LogP contribution is 2.31. The molecule has 1 aromatic heterocycles. The highest BCUT2D eigenvalue weighted by atomic mass is 16.2. The third-order valence-corrected chi connectivity index (χ3v) is 4.32. The Morgan fingerprint density at radius 2 is 2.05 bits per heavy atom. The predicted octanol–water partition coefficient (Wildman–Crippen LogP) is 3.53. The first-order chi connectivity index (χ1) is 10.7. The molecule has 1 amide bonds. The summed E-state index contributed by atoms with van der Waals surface area (Å²) in [5.74, 6) is 0.118. The summed E-state index contributed by atoms with van der Waals surface area (Å²) in [5, 5.41) is 0. The highest BCUT2D eigenvalue weighted by Gasteiger charge is 2.27. The number of nitrogens with zero attached hydrogens (tertiary/aromatic N) is 3. The van der Waals surface area contributed by atoms with E-state index in [1.807, 2.05) is 17.0 Å². The molecule has 0 radical (unpaired) electrons. The fourth-order valence-corrected chi connectivity index (χ4v) is 3.15. The van der Waals surface area contributed by atoms with Gasteiger partial charge in [0.1, 0.15) is 0 Å². The van der Waals surface area contributed by atoms with Gasteiger partial charge in [-0.15, -0.1) is 0 Å². The summed E-state index contributed by atoms with van der Waals surface area (Å²) < 4.78 is 0. The molecule has 0 unspecified atom stereocenters. The second kappa shape index (κ2) is 6.26. The summed E-state index contributed by atoms with van der Waals surface area (Å²) in [7, 11) is 0. The van der Waals surface area contributed by atoms with Crippen LogP contribution in [0.25, 0.3) is 11.3 Å². The van der Waals surface area contributed by atoms with Gasteiger partial charge in [0.25, 0.3) is 0 Å². The van der Waals surface area contributed by atoms with E-state index in [0.29, 0.717) is 0 Å². The monoisotopic (exact) mass is 295 g/mol. The molecule has 0 saturated carbocycles. The molecule has 1 aliphatic heterocycles. The molecule has 1 fully saturated rings. The number of hydrogen-bond acceptors (Lipinski definition) is 3. The van der Waals surface area contributed by atoms with Gasteiger partial charge in [0.05, 0.1) is 29.8 Å². The van der Waals surface area contributed by atoms with E-state index >= 15 is 0 Å². The SMILES string of the molecule is CC(=O)N1CCCC[C@@H]1c1cncc(-c2ccccc2C)n1. The fourth-order valence-electron chi connectivity index (χ4n) is 3.15. The number of hydrogen-bond donors (Lipinski definition) is 0. The first-order valence-corrected chi connectivity index (χ1v) is 7.82. The molecule has 1 saturated heterocycles. The normalized spacial score (nSPS) is 18.3. The highest BCUT2D eigenvalue weighted by molar-refractivity contribution is 5.74. The second-order valence-corrected chi connectivity index (χ2v) is 5.87. The van der Waals surface area contributed by atoms with Crippen molar-refractivity contribution in [3.05, 3.63) is 47.9 Å². The van der Waals surface area contributed by atoms with E-state index in [9.17, 15) is 4.79 Å². The summed E-state index contributed by atoms with van der Waals surface area (Å²) in [5.41, 5.74) is 4.06. The van der Waals surface area contributed by atoms with Gasteiger partial charge in [-0.3, -0.25) is 9.78 Å². The van der Waals surface area contributed by atoms with Crippen LogP contribution in [0.2, 0.25) is 0 Å². The second-order valence-electron chi connectivity index (χ2n) is 5.87. The molecule has 114 valence electrons. The van der Waals surface area contributed by atoms with Crippen molar-refractivity contribution < 1.29 is 4.79 Å². The van der Waals surface area contributed by atoms with Crippen molar-refractivity contribution in [3.8, 4) is 11.3 Å². The number of likely N-dealkylation sites (tertiary alicyclic amines) is 1. The zero-order chi connectivity index (χ0) is 15.5. The molecule has 3 rings (SSSR count). The van der Waals surface area contributed by atoms with Gasteiger partial charge in [-0.1, -0.05) is 24.3 Å². The molecule has 0 N–H and O–H groups in total. The Balaban J connectivity index is 1.97. The Hall–Kier alpha value is -2.23. The molecule has 0 spiro atoms. The summed E-state index contributed by atoms with van der Waals surface area (Å²) in [6.07, 6.45) is 6.76. The first kappa shape index (κ1) is 14.7. The van der Waals surface area contributed by atoms with Gasteiger partial charge in [0, 0.05) is 19.0 Å². The van der Waals surface area contributed by atoms with Gasteiger partial charge in [0.15, 0.2) is 0 Å². The third kappa shape index (κ3) is 2.86. The molecule has 4 heteroatoms. The quantitative estimate of drug-likeness (QED) is 0.851. The van der Waals surface area contributed by atoms with Gasteiger partial charge >= 0.3 is 0 Å². The largest absolute Gasteiger partial charge is 0.334 e. The Labute approximate surface area is 131 Å². The minimum atomic E-state index is 0.0581. The number of carbonyl (C=O) groups excluding carboxylic acids is 1. The molecule has 1 atom stereocenters. The van der Waals surface area contributed by atoms with Crippen LogP contribution in [0.1, 0.15) is 43.5 Å². The minimum absolute atomic E-state index is 0.0581. The van der Waals surface area contributed by atoms with Crippen LogP contribution >= 0.6 is 0 Å². The number of aromatic nitrogens is 2. The lowest BCUT2D eigenvalue weighted by atomic mass is 9.99. The average molecular weight is 295 g/mol. The predicted molar refractivity (Wildman–Crippen MR) is 86.2 cm³/mol. The van der Waals surface area contributed by atoms with Crippen LogP contribution in [0, 0.1) is 6.92 Å². The molecule has 22 heavy (non-hydrogen) atoms. The van der Waals surface area contributed by atoms with Gasteiger partial charge in [0.2, 0.25) is 5.91 Å². The maximum atomic E-state index is 11.9. The Kier molecular flexibility index (Phi) is 4.18. The summed E-state index contributed by atoms with van der Waals surface area (Å²) in [6, 6.07) is 8.23. The van der Waals surface area contributed by atoms with Crippen LogP contribution in [0.4, 0.5) is 0 Å². The van der Waals surface area contributed by atoms with Crippen LogP contribution in [-0.2, 0) is 4.79 Å². The van der Waals surface area contributed by atoms with Crippen LogP contribution in [0.15, 0.2) is 36.7 Å². The maximum absolute atomic E-state index is 11.9. The fraction of sp³-hybridized carbons (Fsp3) is 0.389. The van der Waals surface area contributed by atoms with E-state index in [1.54, 1.807) is 19.3 Å². The van der Waals surface area contributed by atoms with Crippen molar-refractivity contribution in [1.82, 2.24) is 14.9 Å². The first-order valence-electron chi connectivity index (χ1n) is 7.82. The van der Waals surface area contributed by atoms with E-state index in [0.717, 1.165) is 42.8 Å². The van der Waals surface area contributed by atoms with E-state index in [-0.39, 0.29) is 11.9 Å². The van der Waals surface area contributed by atoms with E-state index in [1.165, 1.54) is 5.56 Å². The van der Waals surface area contributed by atoms with E-state index in [4.69, 9.17) is 4.98 Å². The number of amides is 1. The Morgan fingerprint density at radius 3 is 2.82 bits per heavy atom. The Morgan fingerprint density at radius 1 is 1.23 bits per heavy atom. The average Bonchev–Trinajstić information content (AvgIpc) is 2.55. The molecular formula is C18H21N3O. The molecule has 1 aliphatic rings. The minimum Gasteiger partial charge on any atom is -0.334 e. The number of benzene rings is 1. The summed E-state index contributed by atoms with van der Waals surface area (Å²) >= 11 is 0. The molecule has 0 bridgehead atoms. The zero-order valence-electron chi connectivity index (χ0n) is 13.1. The van der Waals surface area contributed by atoms with Crippen molar-refractivity contribution in [2.45, 2.75) is 39.2 Å². The van der Waals surface area contributed by atoms with Gasteiger partial charge < -0.3 is 4.90 Å². The van der Waals surface area contributed by atoms with Crippen molar-refractivity contribution in [3.63, 3.8) is 0 Å². The van der Waals surface area contributed by atoms with Crippen LogP contribution in [0.5, 0.6) is 0 Å². The number of piperidine rings is 1. The maximum Gasteiger partial charge on any atom is 0.220 e. The van der Waals surface area contributed by atoms with Crippen LogP contribution < -0.4 is 0 Å². The number of carbonyl (C=O) groups is 1. The third-order valence-electron chi connectivity index (χ3n) is 4.32. The van der Waals surface area contributed by atoms with Crippen LogP contribution in [0.3, 0.4) is 0 Å². The van der Waals surface area contributed by atoms with Crippen molar-refractivity contribution in [2.24, 2.45) is 0 Å². The molecule has 0 aliphatic carbocycles. The number of aryl methyl sites for hydroxylation is 1. The smallest absolute Gasteiger partial charge is 0.220 e. The van der Waals surface area contributed by atoms with Gasteiger partial charge in [-0.2, -0.15) is 0 Å². The van der Waals surface area contributed by atoms with E-state index < -0.39 is 0 Å².